The summed E-state index contributed by atoms with van der Waals surface area (Å²) in [6.07, 6.45) is 1.50. The van der Waals surface area contributed by atoms with Crippen LogP contribution in [0, 0.1) is 0 Å². The second-order valence-electron chi connectivity index (χ2n) is 3.80. The molecule has 1 nitrogen and oxygen atoms in total. The van der Waals surface area contributed by atoms with Crippen LogP contribution in [0.4, 0.5) is 0 Å². The van der Waals surface area contributed by atoms with E-state index in [1.54, 1.807) is 0 Å². The highest BCUT2D eigenvalue weighted by molar-refractivity contribution is 6.30. The molecule has 2 aromatic carbocycles. The lowest BCUT2D eigenvalue weighted by atomic mass is 10.0. The average molecular weight is 255 g/mol. The minimum absolute atomic E-state index is 0.470. The zero-order valence-electron chi connectivity index (χ0n) is 9.69. The van der Waals surface area contributed by atoms with E-state index in [1.165, 1.54) is 6.08 Å². The van der Waals surface area contributed by atoms with Crippen molar-refractivity contribution < 1.29 is 4.79 Å². The molecular weight excluding hydrogens is 244 g/mol. The molecule has 0 saturated carbocycles. The lowest BCUT2D eigenvalue weighted by molar-refractivity contribution is 0.569. The molecule has 0 atom stereocenters. The van der Waals surface area contributed by atoms with Crippen molar-refractivity contribution in [2.24, 2.45) is 0 Å². The van der Waals surface area contributed by atoms with Crippen LogP contribution in [-0.2, 0) is 4.79 Å². The number of carbonyl (C=O) groups excluding carboxylic acids is 1. The monoisotopic (exact) mass is 254 g/mol. The van der Waals surface area contributed by atoms with Gasteiger partial charge in [-0.25, -0.2) is 4.79 Å². The van der Waals surface area contributed by atoms with Gasteiger partial charge in [0.05, 0.1) is 5.57 Å². The van der Waals surface area contributed by atoms with Gasteiger partial charge in [0.15, 0.2) is 0 Å². The van der Waals surface area contributed by atoms with Crippen LogP contribution in [0.5, 0.6) is 0 Å². The van der Waals surface area contributed by atoms with Crippen LogP contribution in [0.1, 0.15) is 5.56 Å². The van der Waals surface area contributed by atoms with Crippen LogP contribution >= 0.6 is 11.6 Å². The number of rotatable bonds is 3. The van der Waals surface area contributed by atoms with Crippen LogP contribution in [-0.4, -0.2) is 5.94 Å². The molecule has 0 N–H and O–H groups in total. The SMILES string of the molecule is C=CC(=C=O)c1ccc(-c2ccc(Cl)cc2)cc1. The van der Waals surface area contributed by atoms with Crippen molar-refractivity contribution in [3.63, 3.8) is 0 Å². The Labute approximate surface area is 111 Å². The highest BCUT2D eigenvalue weighted by Crippen LogP contribution is 2.23. The second-order valence-corrected chi connectivity index (χ2v) is 4.24. The van der Waals surface area contributed by atoms with Crippen molar-refractivity contribution in [1.29, 1.82) is 0 Å². The number of hydrogen-bond acceptors (Lipinski definition) is 1. The van der Waals surface area contributed by atoms with E-state index in [0.29, 0.717) is 10.6 Å². The highest BCUT2D eigenvalue weighted by Gasteiger charge is 2.01. The smallest absolute Gasteiger partial charge is 0.132 e. The van der Waals surface area contributed by atoms with Crippen LogP contribution in [0.25, 0.3) is 16.7 Å². The summed E-state index contributed by atoms with van der Waals surface area (Å²) in [6.45, 7) is 3.58. The molecule has 0 fully saturated rings. The maximum absolute atomic E-state index is 10.7. The van der Waals surface area contributed by atoms with Crippen LogP contribution in [0.3, 0.4) is 0 Å². The van der Waals surface area contributed by atoms with E-state index in [9.17, 15) is 4.79 Å². The van der Waals surface area contributed by atoms with E-state index < -0.39 is 0 Å². The third-order valence-electron chi connectivity index (χ3n) is 2.69. The summed E-state index contributed by atoms with van der Waals surface area (Å²) in [5.41, 5.74) is 3.45. The molecule has 2 heteroatoms. The summed E-state index contributed by atoms with van der Waals surface area (Å²) in [5, 5.41) is 0.716. The molecule has 2 aromatic rings. The largest absolute Gasteiger partial charge is 0.233 e. The maximum atomic E-state index is 10.7. The number of hydrogen-bond donors (Lipinski definition) is 0. The van der Waals surface area contributed by atoms with Crippen molar-refractivity contribution in [2.75, 3.05) is 0 Å². The Hall–Kier alpha value is -2.08. The normalized spacial score (nSPS) is 9.61. The van der Waals surface area contributed by atoms with E-state index in [0.717, 1.165) is 16.7 Å². The minimum atomic E-state index is 0.470. The van der Waals surface area contributed by atoms with Crippen molar-refractivity contribution in [2.45, 2.75) is 0 Å². The molecule has 0 bridgehead atoms. The Balaban J connectivity index is 2.36. The van der Waals surface area contributed by atoms with E-state index >= 15 is 0 Å². The quantitative estimate of drug-likeness (QED) is 0.586. The molecule has 88 valence electrons. The minimum Gasteiger partial charge on any atom is -0.233 e. The summed E-state index contributed by atoms with van der Waals surface area (Å²) in [7, 11) is 0. The Morgan fingerprint density at radius 1 is 1.00 bits per heavy atom. The van der Waals surface area contributed by atoms with E-state index in [2.05, 4.69) is 6.58 Å². The van der Waals surface area contributed by atoms with Crippen molar-refractivity contribution in [3.8, 4) is 11.1 Å². The van der Waals surface area contributed by atoms with Gasteiger partial charge < -0.3 is 0 Å². The molecule has 0 radical (unpaired) electrons. The standard InChI is InChI=1S/C16H11ClO/c1-2-12(11-18)13-3-5-14(6-4-13)15-7-9-16(17)10-8-15/h2-10H,1H2. The van der Waals surface area contributed by atoms with Gasteiger partial charge in [-0.15, -0.1) is 0 Å². The first-order valence-electron chi connectivity index (χ1n) is 5.48. The molecule has 18 heavy (non-hydrogen) atoms. The van der Waals surface area contributed by atoms with Gasteiger partial charge in [0.1, 0.15) is 5.94 Å². The Morgan fingerprint density at radius 2 is 1.50 bits per heavy atom. The van der Waals surface area contributed by atoms with Gasteiger partial charge in [0, 0.05) is 5.02 Å². The third kappa shape index (κ3) is 2.60. The van der Waals surface area contributed by atoms with E-state index in [1.807, 2.05) is 54.5 Å². The van der Waals surface area contributed by atoms with Gasteiger partial charge >= 0.3 is 0 Å². The summed E-state index contributed by atoms with van der Waals surface area (Å²) in [6, 6.07) is 15.3. The first kappa shape index (κ1) is 12.4. The summed E-state index contributed by atoms with van der Waals surface area (Å²) in [4.78, 5) is 10.7. The van der Waals surface area contributed by atoms with Crippen molar-refractivity contribution in [3.05, 3.63) is 71.8 Å². The first-order chi connectivity index (χ1) is 8.74. The second kappa shape index (κ2) is 5.50. The molecule has 0 unspecified atom stereocenters. The molecule has 0 heterocycles. The number of halogens is 1. The van der Waals surface area contributed by atoms with Crippen molar-refractivity contribution >= 4 is 23.1 Å². The molecule has 0 aliphatic rings. The van der Waals surface area contributed by atoms with Gasteiger partial charge in [-0.1, -0.05) is 60.7 Å². The number of allylic oxidation sites excluding steroid dienone is 2. The first-order valence-corrected chi connectivity index (χ1v) is 5.86. The predicted octanol–water partition coefficient (Wildman–Crippen LogP) is 4.41. The Bertz CT molecular complexity index is 603. The molecule has 0 aromatic heterocycles. The average Bonchev–Trinajstić information content (AvgIpc) is 2.42. The van der Waals surface area contributed by atoms with Crippen LogP contribution < -0.4 is 0 Å². The zero-order valence-corrected chi connectivity index (χ0v) is 10.4. The zero-order chi connectivity index (χ0) is 13.0. The van der Waals surface area contributed by atoms with Gasteiger partial charge in [0.2, 0.25) is 0 Å². The van der Waals surface area contributed by atoms with Crippen LogP contribution in [0.2, 0.25) is 5.02 Å². The van der Waals surface area contributed by atoms with Gasteiger partial charge in [0.25, 0.3) is 0 Å². The molecule has 0 saturated heterocycles. The van der Waals surface area contributed by atoms with Gasteiger partial charge in [-0.05, 0) is 28.8 Å². The fraction of sp³-hybridized carbons (Fsp3) is 0. The predicted molar refractivity (Wildman–Crippen MR) is 76.2 cm³/mol. The van der Waals surface area contributed by atoms with Gasteiger partial charge in [-0.2, -0.15) is 0 Å². The van der Waals surface area contributed by atoms with Gasteiger partial charge in [-0.3, -0.25) is 0 Å². The lowest BCUT2D eigenvalue weighted by Crippen LogP contribution is -1.83. The Kier molecular flexibility index (Phi) is 3.78. The third-order valence-corrected chi connectivity index (χ3v) is 2.94. The topological polar surface area (TPSA) is 17.1 Å². The molecule has 0 amide bonds. The molecular formula is C16H11ClO. The van der Waals surface area contributed by atoms with E-state index in [4.69, 9.17) is 11.6 Å². The van der Waals surface area contributed by atoms with E-state index in [-0.39, 0.29) is 0 Å². The Morgan fingerprint density at radius 3 is 1.94 bits per heavy atom. The highest BCUT2D eigenvalue weighted by atomic mass is 35.5. The number of benzene rings is 2. The fourth-order valence-corrected chi connectivity index (χ4v) is 1.83. The summed E-state index contributed by atoms with van der Waals surface area (Å²) in [5.74, 6) is 1.87. The lowest BCUT2D eigenvalue weighted by Gasteiger charge is -2.03. The summed E-state index contributed by atoms with van der Waals surface area (Å²) < 4.78 is 0. The van der Waals surface area contributed by atoms with Crippen LogP contribution in [0.15, 0.2) is 61.2 Å². The molecule has 0 spiro atoms. The fourth-order valence-electron chi connectivity index (χ4n) is 1.70. The molecule has 0 aliphatic heterocycles. The molecule has 2 rings (SSSR count). The summed E-state index contributed by atoms with van der Waals surface area (Å²) >= 11 is 5.85. The molecule has 0 aliphatic carbocycles. The van der Waals surface area contributed by atoms with Crippen molar-refractivity contribution in [1.82, 2.24) is 0 Å². The maximum Gasteiger partial charge on any atom is 0.132 e.